The lowest BCUT2D eigenvalue weighted by molar-refractivity contribution is -0.139. The normalized spacial score (nSPS) is 10.5. The molecule has 0 aliphatic carbocycles. The highest BCUT2D eigenvalue weighted by Gasteiger charge is 2.34. The van der Waals surface area contributed by atoms with Gasteiger partial charge in [-0.3, -0.25) is 4.79 Å². The number of methoxy groups -OCH3 is 3. The molecule has 31 heavy (non-hydrogen) atoms. The molecule has 1 heterocycles. The van der Waals surface area contributed by atoms with Crippen LogP contribution in [0, 0.1) is 6.92 Å². The molecule has 0 aliphatic rings. The van der Waals surface area contributed by atoms with Crippen molar-refractivity contribution in [3.8, 4) is 16.9 Å². The lowest BCUT2D eigenvalue weighted by atomic mass is 10.0. The summed E-state index contributed by atoms with van der Waals surface area (Å²) >= 11 is 0. The van der Waals surface area contributed by atoms with E-state index in [1.54, 1.807) is 4.57 Å². The number of carbonyl (C=O) groups is 3. The fourth-order valence-corrected chi connectivity index (χ4v) is 3.47. The van der Waals surface area contributed by atoms with E-state index in [9.17, 15) is 14.4 Å². The number of esters is 3. The first-order valence-electron chi connectivity index (χ1n) is 9.56. The van der Waals surface area contributed by atoms with Crippen molar-refractivity contribution >= 4 is 17.9 Å². The van der Waals surface area contributed by atoms with Crippen molar-refractivity contribution in [2.45, 2.75) is 13.3 Å². The van der Waals surface area contributed by atoms with Gasteiger partial charge in [0.1, 0.15) is 5.69 Å². The molecule has 0 atom stereocenters. The number of nitrogens with zero attached hydrogens (tertiary/aromatic N) is 1. The minimum absolute atomic E-state index is 0.0176. The van der Waals surface area contributed by atoms with E-state index < -0.39 is 17.9 Å². The number of hydrogen-bond acceptors (Lipinski definition) is 6. The zero-order chi connectivity index (χ0) is 22.5. The lowest BCUT2D eigenvalue weighted by Gasteiger charge is -2.14. The first-order valence-corrected chi connectivity index (χ1v) is 9.56. The topological polar surface area (TPSA) is 83.8 Å². The van der Waals surface area contributed by atoms with Crippen LogP contribution < -0.4 is 0 Å². The largest absolute Gasteiger partial charge is 0.469 e. The second kappa shape index (κ2) is 9.30. The van der Waals surface area contributed by atoms with Crippen LogP contribution in [-0.4, -0.2) is 43.8 Å². The number of aromatic nitrogens is 1. The number of rotatable bonds is 6. The maximum Gasteiger partial charge on any atom is 0.355 e. The van der Waals surface area contributed by atoms with Crippen molar-refractivity contribution < 1.29 is 28.6 Å². The van der Waals surface area contributed by atoms with Crippen LogP contribution in [0.25, 0.3) is 16.9 Å². The van der Waals surface area contributed by atoms with Crippen LogP contribution in [0.1, 0.15) is 32.0 Å². The van der Waals surface area contributed by atoms with Gasteiger partial charge in [0.25, 0.3) is 0 Å². The molecule has 0 amide bonds. The van der Waals surface area contributed by atoms with Crippen molar-refractivity contribution in [3.05, 3.63) is 77.0 Å². The molecule has 0 radical (unpaired) electrons. The van der Waals surface area contributed by atoms with Gasteiger partial charge < -0.3 is 18.8 Å². The highest BCUT2D eigenvalue weighted by Crippen LogP contribution is 2.36. The van der Waals surface area contributed by atoms with Crippen LogP contribution in [0.15, 0.2) is 54.6 Å². The van der Waals surface area contributed by atoms with Crippen molar-refractivity contribution in [2.75, 3.05) is 21.3 Å². The zero-order valence-electron chi connectivity index (χ0n) is 17.8. The SMILES string of the molecule is COC(=O)Cc1c(C(=O)OC)c(C(=O)OC)n(-c2ccc(C)cc2)c1-c1ccccc1. The smallest absolute Gasteiger partial charge is 0.355 e. The minimum Gasteiger partial charge on any atom is -0.469 e. The fraction of sp³-hybridized carbons (Fsp3) is 0.208. The molecule has 3 rings (SSSR count). The highest BCUT2D eigenvalue weighted by atomic mass is 16.5. The number of aryl methyl sites for hydroxylation is 1. The third-order valence-electron chi connectivity index (χ3n) is 4.93. The van der Waals surface area contributed by atoms with E-state index in [-0.39, 0.29) is 17.7 Å². The second-order valence-electron chi connectivity index (χ2n) is 6.82. The number of ether oxygens (including phenoxy) is 3. The van der Waals surface area contributed by atoms with E-state index in [1.165, 1.54) is 21.3 Å². The van der Waals surface area contributed by atoms with Gasteiger partial charge in [-0.2, -0.15) is 0 Å². The van der Waals surface area contributed by atoms with Crippen LogP contribution in [0.5, 0.6) is 0 Å². The minimum atomic E-state index is -0.748. The Bertz CT molecular complexity index is 1110. The number of benzene rings is 2. The maximum atomic E-state index is 12.9. The molecule has 7 nitrogen and oxygen atoms in total. The summed E-state index contributed by atoms with van der Waals surface area (Å²) in [7, 11) is 3.72. The lowest BCUT2D eigenvalue weighted by Crippen LogP contribution is -2.16. The molecule has 0 saturated carbocycles. The Balaban J connectivity index is 2.51. The molecule has 160 valence electrons. The van der Waals surface area contributed by atoms with Crippen LogP contribution in [-0.2, 0) is 25.4 Å². The van der Waals surface area contributed by atoms with Crippen LogP contribution >= 0.6 is 0 Å². The quantitative estimate of drug-likeness (QED) is 0.445. The molecule has 0 fully saturated rings. The zero-order valence-corrected chi connectivity index (χ0v) is 17.8. The van der Waals surface area contributed by atoms with Gasteiger partial charge in [-0.15, -0.1) is 0 Å². The predicted molar refractivity (Wildman–Crippen MR) is 114 cm³/mol. The van der Waals surface area contributed by atoms with Gasteiger partial charge in [-0.25, -0.2) is 9.59 Å². The van der Waals surface area contributed by atoms with E-state index >= 15 is 0 Å². The van der Waals surface area contributed by atoms with Crippen molar-refractivity contribution in [1.82, 2.24) is 4.57 Å². The third-order valence-corrected chi connectivity index (χ3v) is 4.93. The molecule has 0 saturated heterocycles. The Labute approximate surface area is 180 Å². The van der Waals surface area contributed by atoms with Gasteiger partial charge in [0, 0.05) is 11.3 Å². The standard InChI is InChI=1S/C24H23NO6/c1-15-10-12-17(13-11-15)25-21(16-8-6-5-7-9-16)18(14-19(26)29-2)20(23(27)30-3)22(25)24(28)31-4/h5-13H,14H2,1-4H3. The number of carbonyl (C=O) groups excluding carboxylic acids is 3. The Morgan fingerprint density at radius 2 is 1.42 bits per heavy atom. The summed E-state index contributed by atoms with van der Waals surface area (Å²) in [5.74, 6) is -2.03. The van der Waals surface area contributed by atoms with Crippen LogP contribution in [0.2, 0.25) is 0 Å². The molecule has 0 unspecified atom stereocenters. The molecule has 3 aromatic rings. The monoisotopic (exact) mass is 421 g/mol. The van der Waals surface area contributed by atoms with E-state index in [0.717, 1.165) is 5.56 Å². The Hall–Kier alpha value is -3.87. The molecule has 1 aromatic heterocycles. The molecule has 0 N–H and O–H groups in total. The molecule has 2 aromatic carbocycles. The molecule has 0 spiro atoms. The van der Waals surface area contributed by atoms with Crippen LogP contribution in [0.3, 0.4) is 0 Å². The van der Waals surface area contributed by atoms with Crippen molar-refractivity contribution in [2.24, 2.45) is 0 Å². The predicted octanol–water partition coefficient (Wildman–Crippen LogP) is 3.74. The summed E-state index contributed by atoms with van der Waals surface area (Å²) in [5, 5.41) is 0. The fourth-order valence-electron chi connectivity index (χ4n) is 3.47. The van der Waals surface area contributed by atoms with Gasteiger partial charge in [0.05, 0.1) is 39.0 Å². The Morgan fingerprint density at radius 3 is 1.97 bits per heavy atom. The molecule has 7 heteroatoms. The molecule has 0 aliphatic heterocycles. The molecular weight excluding hydrogens is 398 g/mol. The second-order valence-corrected chi connectivity index (χ2v) is 6.82. The Morgan fingerprint density at radius 1 is 0.806 bits per heavy atom. The third kappa shape index (κ3) is 4.21. The average molecular weight is 421 g/mol. The van der Waals surface area contributed by atoms with Gasteiger partial charge in [-0.05, 0) is 24.6 Å². The average Bonchev–Trinajstić information content (AvgIpc) is 3.13. The summed E-state index contributed by atoms with van der Waals surface area (Å²) in [5.41, 5.74) is 3.16. The van der Waals surface area contributed by atoms with Crippen molar-refractivity contribution in [1.29, 1.82) is 0 Å². The van der Waals surface area contributed by atoms with Gasteiger partial charge in [0.15, 0.2) is 0 Å². The first-order chi connectivity index (χ1) is 14.9. The Kier molecular flexibility index (Phi) is 6.55. The van der Waals surface area contributed by atoms with E-state index in [2.05, 4.69) is 0 Å². The summed E-state index contributed by atoms with van der Waals surface area (Å²) < 4.78 is 16.5. The maximum absolute atomic E-state index is 12.9. The summed E-state index contributed by atoms with van der Waals surface area (Å²) in [4.78, 5) is 38.0. The number of hydrogen-bond donors (Lipinski definition) is 0. The first kappa shape index (κ1) is 21.8. The summed E-state index contributed by atoms with van der Waals surface area (Å²) in [6.45, 7) is 1.95. The highest BCUT2D eigenvalue weighted by molar-refractivity contribution is 6.07. The van der Waals surface area contributed by atoms with E-state index in [4.69, 9.17) is 14.2 Å². The van der Waals surface area contributed by atoms with Crippen molar-refractivity contribution in [3.63, 3.8) is 0 Å². The van der Waals surface area contributed by atoms with Gasteiger partial charge >= 0.3 is 17.9 Å². The van der Waals surface area contributed by atoms with Gasteiger partial charge in [0.2, 0.25) is 0 Å². The van der Waals surface area contributed by atoms with Crippen LogP contribution in [0.4, 0.5) is 0 Å². The molecule has 0 bridgehead atoms. The van der Waals surface area contributed by atoms with E-state index in [1.807, 2.05) is 61.5 Å². The summed E-state index contributed by atoms with van der Waals surface area (Å²) in [6.07, 6.45) is -0.228. The summed E-state index contributed by atoms with van der Waals surface area (Å²) in [6, 6.07) is 16.6. The molecular formula is C24H23NO6. The van der Waals surface area contributed by atoms with Gasteiger partial charge in [-0.1, -0.05) is 48.0 Å². The van der Waals surface area contributed by atoms with E-state index in [0.29, 0.717) is 22.5 Å².